The second-order valence-electron chi connectivity index (χ2n) is 34.8. The number of aromatic nitrogens is 12. The van der Waals surface area contributed by atoms with Crippen LogP contribution in [0.5, 0.6) is 0 Å². The summed E-state index contributed by atoms with van der Waals surface area (Å²) in [5.41, 5.74) is 9.15. The van der Waals surface area contributed by atoms with Crippen LogP contribution in [-0.4, -0.2) is 232 Å². The summed E-state index contributed by atoms with van der Waals surface area (Å²) in [6.45, 7) is 32.0. The molecule has 4 fully saturated rings. The number of nitrogens with zero attached hydrogens (tertiary/aromatic N) is 15. The minimum absolute atomic E-state index is 0. The van der Waals surface area contributed by atoms with Crippen molar-refractivity contribution in [2.75, 3.05) is 124 Å². The Labute approximate surface area is 805 Å². The van der Waals surface area contributed by atoms with Crippen LogP contribution in [0.15, 0.2) is 61.2 Å². The molecular formula is C89H140ClN27O10S5. The van der Waals surface area contributed by atoms with Gasteiger partial charge in [0.15, 0.2) is 20.5 Å². The number of likely N-dealkylation sites (N-methyl/N-ethyl adjacent to an activating group) is 3. The monoisotopic (exact) mass is 1940 g/mol. The molecule has 15 N–H and O–H groups in total. The van der Waals surface area contributed by atoms with Crippen molar-refractivity contribution in [3.05, 3.63) is 109 Å². The molecule has 0 radical (unpaired) electrons. The molecule has 4 saturated carbocycles. The van der Waals surface area contributed by atoms with Crippen molar-refractivity contribution < 1.29 is 48.1 Å². The second-order valence-corrected chi connectivity index (χ2v) is 39.4. The van der Waals surface area contributed by atoms with E-state index in [9.17, 15) is 28.8 Å². The molecule has 12 rings (SSSR count). The summed E-state index contributed by atoms with van der Waals surface area (Å²) in [5.74, 6) is 9.40. The van der Waals surface area contributed by atoms with Crippen LogP contribution in [-0.2, 0) is 54.3 Å². The van der Waals surface area contributed by atoms with Gasteiger partial charge < -0.3 is 93.8 Å². The maximum Gasteiger partial charge on any atom is 0.410 e. The highest BCUT2D eigenvalue weighted by Gasteiger charge is 2.30. The Morgan fingerprint density at radius 2 is 0.773 bits per heavy atom. The van der Waals surface area contributed by atoms with Crippen LogP contribution >= 0.6 is 70.4 Å². The van der Waals surface area contributed by atoms with Crippen LogP contribution in [0.2, 0.25) is 5.15 Å². The van der Waals surface area contributed by atoms with Gasteiger partial charge in [0, 0.05) is 173 Å². The van der Waals surface area contributed by atoms with Crippen molar-refractivity contribution in [2.24, 2.45) is 11.5 Å². The number of nitrogens with one attached hydrogen (secondary N) is 10. The predicted octanol–water partition coefficient (Wildman–Crippen LogP) is 16.4. The van der Waals surface area contributed by atoms with Crippen LogP contribution in [0, 0.1) is 0 Å². The largest absolute Gasteiger partial charge is 0.480 e. The number of halogens is 1. The molecule has 4 aliphatic rings. The van der Waals surface area contributed by atoms with E-state index >= 15 is 0 Å². The lowest BCUT2D eigenvalue weighted by Gasteiger charge is -2.26. The zero-order valence-electron chi connectivity index (χ0n) is 79.9. The summed E-state index contributed by atoms with van der Waals surface area (Å²) in [4.78, 5) is 133. The number of aryl methyl sites for hydroxylation is 4. The number of carbonyl (C=O) groups is 6. The fraction of sp³-hybridized carbons (Fsp3) is 0.596. The van der Waals surface area contributed by atoms with E-state index in [0.717, 1.165) is 79.6 Å². The molecule has 8 heterocycles. The van der Waals surface area contributed by atoms with Crippen LogP contribution in [0.4, 0.5) is 75.6 Å². The van der Waals surface area contributed by atoms with Gasteiger partial charge in [-0.2, -0.15) is 13.5 Å². The van der Waals surface area contributed by atoms with E-state index in [1.165, 1.54) is 122 Å². The number of ether oxygens (including phenoxy) is 3. The summed E-state index contributed by atoms with van der Waals surface area (Å²) < 4.78 is 15.2. The summed E-state index contributed by atoms with van der Waals surface area (Å²) >= 11 is 12.8. The average molecular weight is 1940 g/mol. The Bertz CT molecular complexity index is 4910. The number of anilines is 11. The van der Waals surface area contributed by atoms with Gasteiger partial charge in [-0.25, -0.2) is 79.0 Å². The first-order valence-corrected chi connectivity index (χ1v) is 48.5. The molecule has 132 heavy (non-hydrogen) atoms. The van der Waals surface area contributed by atoms with Crippen molar-refractivity contribution in [3.63, 3.8) is 0 Å². The molecule has 0 saturated heterocycles. The Kier molecular flexibility index (Phi) is 46.6. The molecule has 0 aromatic carbocycles. The van der Waals surface area contributed by atoms with Crippen molar-refractivity contribution in [3.8, 4) is 0 Å². The maximum atomic E-state index is 12.5. The molecule has 4 aliphatic carbocycles. The van der Waals surface area contributed by atoms with Gasteiger partial charge >= 0.3 is 24.2 Å². The molecule has 0 bridgehead atoms. The van der Waals surface area contributed by atoms with Gasteiger partial charge in [-0.3, -0.25) is 14.5 Å². The van der Waals surface area contributed by atoms with Gasteiger partial charge in [0.2, 0.25) is 11.8 Å². The maximum absolute atomic E-state index is 12.5. The third-order valence-corrected chi connectivity index (χ3v) is 24.6. The lowest BCUT2D eigenvalue weighted by Crippen LogP contribution is -2.46. The zero-order valence-corrected chi connectivity index (χ0v) is 84.9. The number of hydrogen-bond acceptors (Lipinski definition) is 35. The van der Waals surface area contributed by atoms with E-state index in [-0.39, 0.29) is 25.3 Å². The zero-order chi connectivity index (χ0) is 96.0. The smallest absolute Gasteiger partial charge is 0.410 e. The van der Waals surface area contributed by atoms with Gasteiger partial charge in [0.1, 0.15) is 98.1 Å². The minimum atomic E-state index is -1.06. The van der Waals surface area contributed by atoms with Gasteiger partial charge in [-0.15, -0.1) is 45.3 Å². The number of alkyl carbamates (subject to hydrolysis) is 2. The molecule has 8 aromatic heterocycles. The fourth-order valence-electron chi connectivity index (χ4n) is 11.8. The first-order valence-electron chi connectivity index (χ1n) is 44.9. The molecular weight excluding hydrogens is 1800 g/mol. The van der Waals surface area contributed by atoms with E-state index in [2.05, 4.69) is 113 Å². The summed E-state index contributed by atoms with van der Waals surface area (Å²) in [7, 11) is 6.88. The van der Waals surface area contributed by atoms with Crippen LogP contribution in [0.25, 0.3) is 0 Å². The molecule has 2 atom stereocenters. The third kappa shape index (κ3) is 40.4. The number of carbonyl (C=O) groups excluding carboxylic acids is 5. The lowest BCUT2D eigenvalue weighted by molar-refractivity contribution is -0.142. The van der Waals surface area contributed by atoms with Crippen LogP contribution in [0.1, 0.15) is 247 Å². The highest BCUT2D eigenvalue weighted by Crippen LogP contribution is 2.44. The third-order valence-electron chi connectivity index (χ3n) is 20.1. The second kappa shape index (κ2) is 55.6. The first-order chi connectivity index (χ1) is 62.2. The number of carboxylic acid groups (broad SMARTS) is 1. The van der Waals surface area contributed by atoms with E-state index in [1.54, 1.807) is 92.2 Å². The minimum Gasteiger partial charge on any atom is -0.480 e. The molecule has 8 aromatic rings. The SMILES string of the molecule is CC(C)(C)OC(=O)NCCN.CCc1nc(Cl)cc(Nc2ncc(C3CCC3)s2)n1.CCc1nc(NCCN)cc(Nc2ncc(C3CCC3)s2)n1.CCc1nc(NCCNC(=O)OC(C)(C)C)cc(Nc2ncc(C3CCC3)s2)n1.CCc1nc(NCCNC(=O)[C@H](C)N(C)C(=O)/C=C/CN(C)C)cc(Nc2ncc(C3CCC3)s2)n1.C[C@@H](C(=O)O)N(C)C(=O)OC(C)(C)C.S. The molecule has 728 valence electrons. The first kappa shape index (κ1) is 111. The van der Waals surface area contributed by atoms with Crippen LogP contribution in [0.3, 0.4) is 0 Å². The number of carboxylic acids is 1. The van der Waals surface area contributed by atoms with Crippen LogP contribution < -0.4 is 64.6 Å². The summed E-state index contributed by atoms with van der Waals surface area (Å²) in [6, 6.07) is 5.87. The lowest BCUT2D eigenvalue weighted by atomic mass is 9.85. The normalized spacial score (nSPS) is 14.0. The topological polar surface area (TPSA) is 487 Å². The highest BCUT2D eigenvalue weighted by molar-refractivity contribution is 7.59. The predicted molar refractivity (Wildman–Crippen MR) is 535 cm³/mol. The molecule has 37 nitrogen and oxygen atoms in total. The number of amides is 5. The Hall–Kier alpha value is -10.1. The van der Waals surface area contributed by atoms with Crippen molar-refractivity contribution in [1.29, 1.82) is 0 Å². The van der Waals surface area contributed by atoms with E-state index in [1.807, 2.05) is 131 Å². The Balaban J connectivity index is 0.000000253. The molecule has 0 unspecified atom stereocenters. The highest BCUT2D eigenvalue weighted by atomic mass is 35.5. The average Bonchev–Trinajstić information content (AvgIpc) is 1.69. The van der Waals surface area contributed by atoms with Crippen molar-refractivity contribution >= 4 is 168 Å². The Morgan fingerprint density at radius 1 is 0.455 bits per heavy atom. The molecule has 43 heteroatoms. The summed E-state index contributed by atoms with van der Waals surface area (Å²) in [6.07, 6.45) is 28.2. The Morgan fingerprint density at radius 3 is 1.08 bits per heavy atom. The number of thiazole rings is 4. The molecule has 5 amide bonds. The standard InChI is InChI=1S/C25H38N8O2S.C20H30N6O2S.C15H22N6S.C13H15ClN4S.C9H17NO4.C7H16N2O2.H2S/c1-6-20-29-21(15-22(30-20)31-25-28-16-19(36-25)18-9-7-10-18)26-12-13-27-24(35)17(2)33(5)23(34)11-8-14-32(3)4;1-5-15-24-16(21-9-10-22-19(27)28-20(2,3)4)11-17(25-15)26-18-23-12-14(29-18)13-7-6-8-13;1-2-12-19-13(17-7-6-16)8-14(20-12)21-15-18-9-11(22-15)10-4-3-5-10;1-2-11-16-10(14)6-12(17-11)18-13-15-7-9(19-13)8-4-3-5-8;1-6(7(11)12)10(5)8(13)14-9(2,3)4;1-7(2,3)11-6(10)9-5-4-8;/h8,11,15-18H,6-7,9-10,12-14H2,1-5H3,(H,27,35)(H2,26,28,29,30,31);11-13H,5-10H2,1-4H3,(H,22,27)(H2,21,23,24,25,26);8-10H,2-7,16H2,1H3,(H2,17,18,19,20,21);6-8H,2-5H2,1H3,(H,15,16,17,18);6H,1-5H3,(H,11,12);4-5,8H2,1-3H3,(H,9,10);1H2/b11-8+;;;;;;/t17-;;;;6-;;/m0...0../s1. The summed E-state index contributed by atoms with van der Waals surface area (Å²) in [5, 5.41) is 43.5. The number of hydrogen-bond donors (Lipinski definition) is 13. The van der Waals surface area contributed by atoms with Gasteiger partial charge in [-0.1, -0.05) is 71.1 Å². The van der Waals surface area contributed by atoms with E-state index in [4.69, 9.17) is 42.4 Å². The van der Waals surface area contributed by atoms with Gasteiger partial charge in [0.25, 0.3) is 0 Å². The fourth-order valence-corrected chi connectivity index (χ4v) is 16.0. The van der Waals surface area contributed by atoms with Gasteiger partial charge in [-0.05, 0) is 165 Å². The van der Waals surface area contributed by atoms with Gasteiger partial charge in [0.05, 0.1) is 0 Å². The van der Waals surface area contributed by atoms with E-state index < -0.39 is 53.1 Å². The number of rotatable bonds is 36. The number of aliphatic carboxylic acids is 1. The number of nitrogens with two attached hydrogens (primary N) is 2. The quantitative estimate of drug-likeness (QED) is 0.00750. The molecule has 0 spiro atoms. The van der Waals surface area contributed by atoms with Crippen molar-refractivity contribution in [1.82, 2.24) is 90.5 Å². The van der Waals surface area contributed by atoms with E-state index in [0.29, 0.717) is 123 Å². The van der Waals surface area contributed by atoms with Crippen molar-refractivity contribution in [2.45, 2.75) is 259 Å². The molecule has 0 aliphatic heterocycles.